The van der Waals surface area contributed by atoms with Crippen molar-refractivity contribution >= 4 is 29.0 Å². The molecule has 0 atom stereocenters. The van der Waals surface area contributed by atoms with Gasteiger partial charge in [0.25, 0.3) is 0 Å². The maximum atomic E-state index is 10.0. The predicted octanol–water partition coefficient (Wildman–Crippen LogP) is 2.47. The minimum absolute atomic E-state index is 0.507. The Balaban J connectivity index is 0.000000219. The average molecular weight is 323 g/mol. The molecule has 0 aliphatic rings. The van der Waals surface area contributed by atoms with Gasteiger partial charge in [0.1, 0.15) is 12.1 Å². The lowest BCUT2D eigenvalue weighted by atomic mass is 10.1. The van der Waals surface area contributed by atoms with E-state index in [0.717, 1.165) is 29.3 Å². The fraction of sp³-hybridized carbons (Fsp3) is 0.167. The first kappa shape index (κ1) is 17.4. The molecule has 0 aliphatic carbocycles. The lowest BCUT2D eigenvalue weighted by molar-refractivity contribution is 0.112. The normalized spacial score (nSPS) is 9.92. The maximum absolute atomic E-state index is 10.0. The number of carbonyl (C=O) groups excluding carboxylic acids is 1. The van der Waals surface area contributed by atoms with E-state index in [2.05, 4.69) is 20.6 Å². The van der Waals surface area contributed by atoms with Crippen LogP contribution in [-0.2, 0) is 6.54 Å². The summed E-state index contributed by atoms with van der Waals surface area (Å²) in [4.78, 5) is 18.5. The van der Waals surface area contributed by atoms with E-state index in [0.29, 0.717) is 11.8 Å². The van der Waals surface area contributed by atoms with Crippen LogP contribution in [0.4, 0.5) is 11.8 Å². The Morgan fingerprint density at radius 2 is 1.83 bits per heavy atom. The molecule has 0 spiro atoms. The monoisotopic (exact) mass is 323 g/mol. The number of aldehydes is 1. The minimum Gasteiger partial charge on any atom is -0.383 e. The number of aromatic nitrogens is 2. The second-order valence-electron chi connectivity index (χ2n) is 5.09. The molecule has 4 N–H and O–H groups in total. The van der Waals surface area contributed by atoms with Crippen molar-refractivity contribution in [1.82, 2.24) is 15.3 Å². The Bertz CT molecular complexity index is 805. The highest BCUT2D eigenvalue weighted by atomic mass is 16.1. The molecular weight excluding hydrogens is 302 g/mol. The zero-order valence-electron chi connectivity index (χ0n) is 13.8. The molecule has 24 heavy (non-hydrogen) atoms. The molecule has 0 aliphatic heterocycles. The summed E-state index contributed by atoms with van der Waals surface area (Å²) in [6, 6.07) is 15.1. The van der Waals surface area contributed by atoms with Crippen LogP contribution < -0.4 is 16.4 Å². The molecule has 124 valence electrons. The average Bonchev–Trinajstić information content (AvgIpc) is 2.63. The Morgan fingerprint density at radius 3 is 2.42 bits per heavy atom. The zero-order chi connectivity index (χ0) is 17.4. The van der Waals surface area contributed by atoms with E-state index in [9.17, 15) is 4.79 Å². The van der Waals surface area contributed by atoms with Crippen molar-refractivity contribution in [1.29, 1.82) is 0 Å². The Kier molecular flexibility index (Phi) is 6.22. The van der Waals surface area contributed by atoms with Gasteiger partial charge in [0, 0.05) is 24.5 Å². The summed E-state index contributed by atoms with van der Waals surface area (Å²) < 4.78 is 0. The van der Waals surface area contributed by atoms with Crippen molar-refractivity contribution in [2.45, 2.75) is 6.54 Å². The Morgan fingerprint density at radius 1 is 1.08 bits per heavy atom. The van der Waals surface area contributed by atoms with E-state index >= 15 is 0 Å². The van der Waals surface area contributed by atoms with E-state index in [1.807, 2.05) is 43.4 Å². The lowest BCUT2D eigenvalue weighted by Gasteiger charge is -2.06. The fourth-order valence-electron chi connectivity index (χ4n) is 2.16. The molecule has 0 unspecified atom stereocenters. The van der Waals surface area contributed by atoms with Crippen molar-refractivity contribution in [3.05, 3.63) is 59.7 Å². The van der Waals surface area contributed by atoms with Crippen LogP contribution in [0.1, 0.15) is 15.9 Å². The molecule has 0 saturated carbocycles. The summed E-state index contributed by atoms with van der Waals surface area (Å²) in [6.45, 7) is 0.809. The SMILES string of the molecule is CNCc1ccc2nc(NC)nc(N)c2c1.O=Cc1ccccc1. The van der Waals surface area contributed by atoms with Crippen LogP contribution >= 0.6 is 0 Å². The molecular formula is C18H21N5O. The van der Waals surface area contributed by atoms with Gasteiger partial charge in [-0.1, -0.05) is 36.4 Å². The molecule has 1 heterocycles. The molecule has 0 radical (unpaired) electrons. The number of hydrogen-bond acceptors (Lipinski definition) is 6. The first-order valence-corrected chi connectivity index (χ1v) is 7.56. The second kappa shape index (κ2) is 8.59. The molecule has 6 heteroatoms. The third kappa shape index (κ3) is 4.50. The number of anilines is 2. The van der Waals surface area contributed by atoms with Gasteiger partial charge in [-0.3, -0.25) is 4.79 Å². The molecule has 1 aromatic heterocycles. The molecule has 0 bridgehead atoms. The summed E-state index contributed by atoms with van der Waals surface area (Å²) in [5, 5.41) is 6.88. The summed E-state index contributed by atoms with van der Waals surface area (Å²) in [6.07, 6.45) is 0.833. The van der Waals surface area contributed by atoms with E-state index in [4.69, 9.17) is 5.73 Å². The second-order valence-corrected chi connectivity index (χ2v) is 5.09. The number of hydrogen-bond donors (Lipinski definition) is 3. The van der Waals surface area contributed by atoms with Crippen LogP contribution in [0.5, 0.6) is 0 Å². The van der Waals surface area contributed by atoms with Crippen molar-refractivity contribution < 1.29 is 4.79 Å². The maximum Gasteiger partial charge on any atom is 0.224 e. The first-order chi connectivity index (χ1) is 11.7. The smallest absolute Gasteiger partial charge is 0.224 e. The van der Waals surface area contributed by atoms with Gasteiger partial charge in [0.05, 0.1) is 5.52 Å². The van der Waals surface area contributed by atoms with Gasteiger partial charge in [-0.25, -0.2) is 4.98 Å². The number of rotatable bonds is 4. The number of nitrogens with zero attached hydrogens (tertiary/aromatic N) is 2. The number of carbonyl (C=O) groups is 1. The minimum atomic E-state index is 0.507. The third-order valence-corrected chi connectivity index (χ3v) is 3.33. The van der Waals surface area contributed by atoms with E-state index in [1.165, 1.54) is 5.56 Å². The topological polar surface area (TPSA) is 92.9 Å². The summed E-state index contributed by atoms with van der Waals surface area (Å²) in [5.74, 6) is 1.05. The van der Waals surface area contributed by atoms with Crippen LogP contribution in [-0.4, -0.2) is 30.3 Å². The van der Waals surface area contributed by atoms with Crippen LogP contribution in [0.2, 0.25) is 0 Å². The van der Waals surface area contributed by atoms with E-state index < -0.39 is 0 Å². The molecule has 0 saturated heterocycles. The molecule has 0 amide bonds. The standard InChI is InChI=1S/C11H15N5.C7H6O/c1-13-6-7-3-4-9-8(5-7)10(12)16-11(14-2)15-9;8-6-7-4-2-1-3-5-7/h3-5,13H,6H2,1-2H3,(H3,12,14,15,16);1-6H. The first-order valence-electron chi connectivity index (χ1n) is 7.56. The fourth-order valence-corrected chi connectivity index (χ4v) is 2.16. The molecule has 3 rings (SSSR count). The highest BCUT2D eigenvalue weighted by Crippen LogP contribution is 2.20. The van der Waals surface area contributed by atoms with Gasteiger partial charge in [0.15, 0.2) is 0 Å². The summed E-state index contributed by atoms with van der Waals surface area (Å²) in [5.41, 5.74) is 8.64. The quantitative estimate of drug-likeness (QED) is 0.639. The molecule has 2 aromatic carbocycles. The van der Waals surface area contributed by atoms with E-state index in [1.54, 1.807) is 19.2 Å². The van der Waals surface area contributed by atoms with Gasteiger partial charge >= 0.3 is 0 Å². The lowest BCUT2D eigenvalue weighted by Crippen LogP contribution is -2.06. The van der Waals surface area contributed by atoms with Gasteiger partial charge in [-0.05, 0) is 24.7 Å². The van der Waals surface area contributed by atoms with Crippen LogP contribution in [0.3, 0.4) is 0 Å². The number of nitrogens with one attached hydrogen (secondary N) is 2. The number of fused-ring (bicyclic) bond motifs is 1. The van der Waals surface area contributed by atoms with Crippen LogP contribution in [0, 0.1) is 0 Å². The Labute approximate surface area is 141 Å². The summed E-state index contributed by atoms with van der Waals surface area (Å²) in [7, 11) is 3.68. The Hall–Kier alpha value is -2.99. The van der Waals surface area contributed by atoms with E-state index in [-0.39, 0.29) is 0 Å². The van der Waals surface area contributed by atoms with Gasteiger partial charge < -0.3 is 16.4 Å². The molecule has 3 aromatic rings. The van der Waals surface area contributed by atoms with Crippen molar-refractivity contribution in [2.24, 2.45) is 0 Å². The predicted molar refractivity (Wildman–Crippen MR) is 98.1 cm³/mol. The number of benzene rings is 2. The van der Waals surface area contributed by atoms with Gasteiger partial charge in [-0.2, -0.15) is 4.98 Å². The van der Waals surface area contributed by atoms with Crippen molar-refractivity contribution in [2.75, 3.05) is 25.1 Å². The van der Waals surface area contributed by atoms with Crippen molar-refractivity contribution in [3.8, 4) is 0 Å². The largest absolute Gasteiger partial charge is 0.383 e. The third-order valence-electron chi connectivity index (χ3n) is 3.33. The molecule has 0 fully saturated rings. The highest BCUT2D eigenvalue weighted by molar-refractivity contribution is 5.89. The summed E-state index contributed by atoms with van der Waals surface area (Å²) >= 11 is 0. The number of nitrogen functional groups attached to an aromatic ring is 1. The van der Waals surface area contributed by atoms with Crippen LogP contribution in [0.25, 0.3) is 10.9 Å². The van der Waals surface area contributed by atoms with Gasteiger partial charge in [0.2, 0.25) is 5.95 Å². The highest BCUT2D eigenvalue weighted by Gasteiger charge is 2.04. The number of nitrogens with two attached hydrogens (primary N) is 1. The zero-order valence-corrected chi connectivity index (χ0v) is 13.8. The molecule has 6 nitrogen and oxygen atoms in total. The van der Waals surface area contributed by atoms with Crippen LogP contribution in [0.15, 0.2) is 48.5 Å². The van der Waals surface area contributed by atoms with Crippen molar-refractivity contribution in [3.63, 3.8) is 0 Å². The van der Waals surface area contributed by atoms with Gasteiger partial charge in [-0.15, -0.1) is 0 Å².